The molecule has 0 radical (unpaired) electrons. The van der Waals surface area contributed by atoms with Crippen molar-refractivity contribution in [2.24, 2.45) is 0 Å². The van der Waals surface area contributed by atoms with Gasteiger partial charge in [0, 0.05) is 43.4 Å². The number of anilines is 1. The number of halogens is 1. The van der Waals surface area contributed by atoms with Crippen LogP contribution in [-0.4, -0.2) is 74.8 Å². The Morgan fingerprint density at radius 1 is 1.13 bits per heavy atom. The van der Waals surface area contributed by atoms with Crippen molar-refractivity contribution in [3.05, 3.63) is 53.1 Å². The van der Waals surface area contributed by atoms with Crippen LogP contribution in [0.5, 0.6) is 11.5 Å². The summed E-state index contributed by atoms with van der Waals surface area (Å²) in [5.74, 6) is 1.51. The van der Waals surface area contributed by atoms with E-state index in [2.05, 4.69) is 22.8 Å². The number of aliphatic hydroxyl groups is 1. The van der Waals surface area contributed by atoms with Gasteiger partial charge in [0.05, 0.1) is 19.3 Å². The van der Waals surface area contributed by atoms with Crippen molar-refractivity contribution < 1.29 is 19.3 Å². The van der Waals surface area contributed by atoms with Crippen molar-refractivity contribution in [2.45, 2.75) is 19.1 Å². The van der Waals surface area contributed by atoms with Gasteiger partial charge in [-0.25, -0.2) is 0 Å². The van der Waals surface area contributed by atoms with Gasteiger partial charge in [-0.15, -0.1) is 0 Å². The van der Waals surface area contributed by atoms with E-state index in [1.807, 2.05) is 36.4 Å². The first-order valence-electron chi connectivity index (χ1n) is 10.5. The molecule has 0 saturated carbocycles. The highest BCUT2D eigenvalue weighted by atomic mass is 35.5. The molecule has 4 rings (SSSR count). The van der Waals surface area contributed by atoms with Gasteiger partial charge in [-0.3, -0.25) is 4.90 Å². The van der Waals surface area contributed by atoms with Gasteiger partial charge in [0.2, 0.25) is 0 Å². The molecule has 2 aromatic carbocycles. The third kappa shape index (κ3) is 5.38. The van der Waals surface area contributed by atoms with Crippen LogP contribution >= 0.6 is 11.6 Å². The molecule has 30 heavy (non-hydrogen) atoms. The standard InChI is InChI=1S/C23H29ClN2O4/c1-17-6-7-18(24)12-21(17)26-10-8-25(9-11-26)13-19(27)14-28-15-20-16-29-22-4-2-3-5-23(22)30-20/h2-7,12,19-20,27H,8-11,13-16H2,1H3/t19-,20+/m0/s1. The van der Waals surface area contributed by atoms with Gasteiger partial charge in [0.1, 0.15) is 6.61 Å². The topological polar surface area (TPSA) is 54.4 Å². The lowest BCUT2D eigenvalue weighted by Gasteiger charge is -2.37. The summed E-state index contributed by atoms with van der Waals surface area (Å²) < 4.78 is 17.3. The Bertz CT molecular complexity index is 842. The number of nitrogens with zero attached hydrogens (tertiary/aromatic N) is 2. The number of aliphatic hydroxyl groups excluding tert-OH is 1. The van der Waals surface area contributed by atoms with E-state index in [9.17, 15) is 5.11 Å². The molecule has 2 atom stereocenters. The van der Waals surface area contributed by atoms with Crippen molar-refractivity contribution in [3.8, 4) is 11.5 Å². The van der Waals surface area contributed by atoms with Crippen LogP contribution in [0.3, 0.4) is 0 Å². The van der Waals surface area contributed by atoms with Gasteiger partial charge in [-0.2, -0.15) is 0 Å². The maximum Gasteiger partial charge on any atom is 0.161 e. The molecule has 2 heterocycles. The number of fused-ring (bicyclic) bond motifs is 1. The summed E-state index contributed by atoms with van der Waals surface area (Å²) in [5.41, 5.74) is 2.43. The van der Waals surface area contributed by atoms with Gasteiger partial charge in [-0.1, -0.05) is 29.8 Å². The monoisotopic (exact) mass is 432 g/mol. The number of aryl methyl sites for hydroxylation is 1. The van der Waals surface area contributed by atoms with Crippen molar-refractivity contribution in [2.75, 3.05) is 57.4 Å². The van der Waals surface area contributed by atoms with Crippen LogP contribution in [0, 0.1) is 6.92 Å². The lowest BCUT2D eigenvalue weighted by molar-refractivity contribution is -0.0292. The molecule has 0 aromatic heterocycles. The minimum Gasteiger partial charge on any atom is -0.486 e. The van der Waals surface area contributed by atoms with E-state index in [-0.39, 0.29) is 12.7 Å². The third-order valence-corrected chi connectivity index (χ3v) is 5.77. The zero-order valence-electron chi connectivity index (χ0n) is 17.3. The second-order valence-electron chi connectivity index (χ2n) is 7.91. The molecule has 6 nitrogen and oxygen atoms in total. The Hall–Kier alpha value is -1.99. The smallest absolute Gasteiger partial charge is 0.161 e. The van der Waals surface area contributed by atoms with Crippen molar-refractivity contribution in [3.63, 3.8) is 0 Å². The second kappa shape index (κ2) is 9.88. The molecule has 1 saturated heterocycles. The second-order valence-corrected chi connectivity index (χ2v) is 8.34. The number of rotatable bonds is 7. The van der Waals surface area contributed by atoms with Crippen LogP contribution in [-0.2, 0) is 4.74 Å². The molecule has 2 aliphatic rings. The number of hydrogen-bond acceptors (Lipinski definition) is 6. The maximum atomic E-state index is 10.4. The Balaban J connectivity index is 1.16. The van der Waals surface area contributed by atoms with Crippen molar-refractivity contribution >= 4 is 17.3 Å². The van der Waals surface area contributed by atoms with E-state index in [4.69, 9.17) is 25.8 Å². The summed E-state index contributed by atoms with van der Waals surface area (Å²) >= 11 is 6.16. The fraction of sp³-hybridized carbons (Fsp3) is 0.478. The van der Waals surface area contributed by atoms with Crippen LogP contribution in [0.4, 0.5) is 5.69 Å². The molecular weight excluding hydrogens is 404 g/mol. The van der Waals surface area contributed by atoms with Crippen LogP contribution in [0.1, 0.15) is 5.56 Å². The molecule has 0 aliphatic carbocycles. The number of piperazine rings is 1. The van der Waals surface area contributed by atoms with Crippen LogP contribution in [0.25, 0.3) is 0 Å². The quantitative estimate of drug-likeness (QED) is 0.726. The van der Waals surface area contributed by atoms with Gasteiger partial charge in [0.25, 0.3) is 0 Å². The predicted octanol–water partition coefficient (Wildman–Crippen LogP) is 2.99. The summed E-state index contributed by atoms with van der Waals surface area (Å²) in [7, 11) is 0. The average molecular weight is 433 g/mol. The van der Waals surface area contributed by atoms with E-state index in [0.717, 1.165) is 42.7 Å². The van der Waals surface area contributed by atoms with Crippen LogP contribution < -0.4 is 14.4 Å². The average Bonchev–Trinajstić information content (AvgIpc) is 2.76. The molecule has 2 aliphatic heterocycles. The molecule has 0 bridgehead atoms. The van der Waals surface area contributed by atoms with E-state index >= 15 is 0 Å². The van der Waals surface area contributed by atoms with Gasteiger partial charge >= 0.3 is 0 Å². The first kappa shape index (κ1) is 21.2. The molecule has 2 aromatic rings. The number of β-amino-alcohol motifs (C(OH)–C–C–N with tert-alkyl or cyclic N) is 1. The third-order valence-electron chi connectivity index (χ3n) is 5.53. The summed E-state index contributed by atoms with van der Waals surface area (Å²) in [6.45, 7) is 7.49. The van der Waals surface area contributed by atoms with Gasteiger partial charge in [0.15, 0.2) is 17.6 Å². The predicted molar refractivity (Wildman–Crippen MR) is 118 cm³/mol. The SMILES string of the molecule is Cc1ccc(Cl)cc1N1CCN(C[C@H](O)COC[C@@H]2COc3ccccc3O2)CC1. The van der Waals surface area contributed by atoms with Crippen molar-refractivity contribution in [1.82, 2.24) is 4.90 Å². The Morgan fingerprint density at radius 2 is 1.90 bits per heavy atom. The fourth-order valence-electron chi connectivity index (χ4n) is 3.93. The molecule has 1 fully saturated rings. The Labute approximate surface area is 182 Å². The van der Waals surface area contributed by atoms with E-state index in [0.29, 0.717) is 19.8 Å². The molecule has 1 N–H and O–H groups in total. The van der Waals surface area contributed by atoms with E-state index in [1.54, 1.807) is 0 Å². The first-order chi connectivity index (χ1) is 14.6. The van der Waals surface area contributed by atoms with E-state index in [1.165, 1.54) is 11.3 Å². The lowest BCUT2D eigenvalue weighted by atomic mass is 10.1. The fourth-order valence-corrected chi connectivity index (χ4v) is 4.09. The largest absolute Gasteiger partial charge is 0.486 e. The van der Waals surface area contributed by atoms with Crippen LogP contribution in [0.15, 0.2) is 42.5 Å². The van der Waals surface area contributed by atoms with Gasteiger partial charge < -0.3 is 24.2 Å². The maximum absolute atomic E-state index is 10.4. The number of ether oxygens (including phenoxy) is 3. The number of para-hydroxylation sites is 2. The number of benzene rings is 2. The highest BCUT2D eigenvalue weighted by Gasteiger charge is 2.23. The first-order valence-corrected chi connectivity index (χ1v) is 10.8. The molecule has 0 amide bonds. The zero-order valence-corrected chi connectivity index (χ0v) is 18.1. The molecular formula is C23H29ClN2O4. The zero-order chi connectivity index (χ0) is 20.9. The Kier molecular flexibility index (Phi) is 7.00. The minimum atomic E-state index is -0.527. The highest BCUT2D eigenvalue weighted by molar-refractivity contribution is 6.30. The normalized spacial score (nSPS) is 20.2. The minimum absolute atomic E-state index is 0.156. The lowest BCUT2D eigenvalue weighted by Crippen LogP contribution is -2.49. The Morgan fingerprint density at radius 3 is 2.70 bits per heavy atom. The van der Waals surface area contributed by atoms with E-state index < -0.39 is 6.10 Å². The van der Waals surface area contributed by atoms with Crippen molar-refractivity contribution in [1.29, 1.82) is 0 Å². The molecule has 0 unspecified atom stereocenters. The summed E-state index contributed by atoms with van der Waals surface area (Å²) in [5, 5.41) is 11.1. The van der Waals surface area contributed by atoms with Gasteiger partial charge in [-0.05, 0) is 36.8 Å². The molecule has 162 valence electrons. The molecule has 0 spiro atoms. The summed E-state index contributed by atoms with van der Waals surface area (Å²) in [6.07, 6.45) is -0.683. The molecule has 7 heteroatoms. The van der Waals surface area contributed by atoms with Crippen LogP contribution in [0.2, 0.25) is 5.02 Å². The summed E-state index contributed by atoms with van der Waals surface area (Å²) in [4.78, 5) is 4.64. The summed E-state index contributed by atoms with van der Waals surface area (Å²) in [6, 6.07) is 13.6. The number of hydrogen-bond donors (Lipinski definition) is 1. The highest BCUT2D eigenvalue weighted by Crippen LogP contribution is 2.31.